The Bertz CT molecular complexity index is 989. The molecule has 0 saturated carbocycles. The number of aromatic nitrogens is 1. The maximum Gasteiger partial charge on any atom is 0.323 e. The van der Waals surface area contributed by atoms with Crippen LogP contribution < -0.4 is 4.90 Å². The first-order chi connectivity index (χ1) is 12.8. The summed E-state index contributed by atoms with van der Waals surface area (Å²) >= 11 is 6.04. The lowest BCUT2D eigenvalue weighted by Crippen LogP contribution is -2.47. The first-order valence-electron chi connectivity index (χ1n) is 7.91. The highest BCUT2D eigenvalue weighted by Gasteiger charge is 2.64. The number of carbonyl (C=O) groups is 4. The van der Waals surface area contributed by atoms with Crippen molar-refractivity contribution in [2.75, 3.05) is 11.4 Å². The maximum atomic E-state index is 13.2. The number of oxazole rings is 1. The third kappa shape index (κ3) is 2.42. The van der Waals surface area contributed by atoms with Gasteiger partial charge in [0.25, 0.3) is 5.91 Å². The lowest BCUT2D eigenvalue weighted by atomic mass is 9.80. The fraction of sp³-hybridized carbons (Fsp3) is 0.235. The molecule has 10 heteroatoms. The van der Waals surface area contributed by atoms with Gasteiger partial charge >= 0.3 is 5.97 Å². The van der Waals surface area contributed by atoms with E-state index >= 15 is 0 Å². The molecule has 0 radical (unpaired) electrons. The van der Waals surface area contributed by atoms with Gasteiger partial charge in [-0.15, -0.1) is 0 Å². The third-order valence-corrected chi connectivity index (χ3v) is 4.95. The average molecular weight is 390 g/mol. The average Bonchev–Trinajstić information content (AvgIpc) is 3.26. The second-order valence-corrected chi connectivity index (χ2v) is 6.68. The SMILES string of the molecule is O=C(O)CN1C(=O)C2(CC(=O)N(Cc3ncco3)C2=O)c2cc(Cl)ccc21. The molecule has 1 aromatic heterocycles. The lowest BCUT2D eigenvalue weighted by Gasteiger charge is -2.21. The van der Waals surface area contributed by atoms with Gasteiger partial charge in [0.2, 0.25) is 17.7 Å². The van der Waals surface area contributed by atoms with Crippen molar-refractivity contribution in [2.24, 2.45) is 0 Å². The van der Waals surface area contributed by atoms with E-state index in [1.54, 1.807) is 0 Å². The van der Waals surface area contributed by atoms with Crippen LogP contribution in [0, 0.1) is 0 Å². The van der Waals surface area contributed by atoms with Gasteiger partial charge in [0.15, 0.2) is 5.41 Å². The van der Waals surface area contributed by atoms with E-state index < -0.39 is 42.1 Å². The summed E-state index contributed by atoms with van der Waals surface area (Å²) in [7, 11) is 0. The zero-order valence-corrected chi connectivity index (χ0v) is 14.5. The van der Waals surface area contributed by atoms with Crippen LogP contribution in [0.3, 0.4) is 0 Å². The van der Waals surface area contributed by atoms with Gasteiger partial charge in [-0.3, -0.25) is 29.0 Å². The van der Waals surface area contributed by atoms with Crippen LogP contribution in [-0.4, -0.2) is 45.2 Å². The first-order valence-corrected chi connectivity index (χ1v) is 8.29. The summed E-state index contributed by atoms with van der Waals surface area (Å²) in [5.41, 5.74) is -1.33. The number of hydrogen-bond acceptors (Lipinski definition) is 6. The van der Waals surface area contributed by atoms with Crippen molar-refractivity contribution in [3.8, 4) is 0 Å². The maximum absolute atomic E-state index is 13.2. The Balaban J connectivity index is 1.81. The minimum atomic E-state index is -1.82. The number of carbonyl (C=O) groups excluding carboxylic acids is 3. The summed E-state index contributed by atoms with van der Waals surface area (Å²) in [4.78, 5) is 55.8. The number of likely N-dealkylation sites (tertiary alicyclic amines) is 1. The number of rotatable bonds is 4. The van der Waals surface area contributed by atoms with E-state index in [-0.39, 0.29) is 28.7 Å². The second-order valence-electron chi connectivity index (χ2n) is 6.24. The molecule has 1 aromatic carbocycles. The molecule has 1 unspecified atom stereocenters. The Morgan fingerprint density at radius 3 is 2.67 bits per heavy atom. The number of anilines is 1. The molecule has 3 heterocycles. The molecule has 9 nitrogen and oxygen atoms in total. The van der Waals surface area contributed by atoms with Crippen molar-refractivity contribution in [3.05, 3.63) is 47.1 Å². The molecule has 0 bridgehead atoms. The number of carboxylic acid groups (broad SMARTS) is 1. The number of carboxylic acids is 1. The topological polar surface area (TPSA) is 121 Å². The molecular weight excluding hydrogens is 378 g/mol. The Morgan fingerprint density at radius 1 is 1.26 bits per heavy atom. The smallest absolute Gasteiger partial charge is 0.323 e. The van der Waals surface area contributed by atoms with E-state index in [0.717, 1.165) is 9.80 Å². The Hall–Kier alpha value is -3.20. The van der Waals surface area contributed by atoms with E-state index in [4.69, 9.17) is 21.1 Å². The number of halogens is 1. The normalized spacial score (nSPS) is 21.4. The Kier molecular flexibility index (Phi) is 3.77. The second kappa shape index (κ2) is 5.92. The largest absolute Gasteiger partial charge is 0.480 e. The van der Waals surface area contributed by atoms with E-state index in [0.29, 0.717) is 0 Å². The summed E-state index contributed by atoms with van der Waals surface area (Å²) < 4.78 is 5.08. The molecule has 0 aliphatic carbocycles. The molecule has 1 N–H and O–H groups in total. The van der Waals surface area contributed by atoms with Crippen LogP contribution in [0.2, 0.25) is 5.02 Å². The van der Waals surface area contributed by atoms with E-state index in [2.05, 4.69) is 4.98 Å². The molecule has 138 valence electrons. The summed E-state index contributed by atoms with van der Waals surface area (Å²) in [5.74, 6) is -3.17. The highest BCUT2D eigenvalue weighted by Crippen LogP contribution is 2.49. The van der Waals surface area contributed by atoms with Crippen molar-refractivity contribution >= 4 is 41.0 Å². The zero-order valence-electron chi connectivity index (χ0n) is 13.7. The van der Waals surface area contributed by atoms with Crippen LogP contribution in [0.25, 0.3) is 0 Å². The van der Waals surface area contributed by atoms with Crippen LogP contribution in [0.4, 0.5) is 5.69 Å². The van der Waals surface area contributed by atoms with Gasteiger partial charge in [0, 0.05) is 16.3 Å². The number of imide groups is 1. The van der Waals surface area contributed by atoms with Crippen molar-refractivity contribution in [1.82, 2.24) is 9.88 Å². The predicted molar refractivity (Wildman–Crippen MR) is 89.8 cm³/mol. The number of amides is 3. The van der Waals surface area contributed by atoms with Crippen LogP contribution in [0.5, 0.6) is 0 Å². The third-order valence-electron chi connectivity index (χ3n) is 4.72. The minimum absolute atomic E-state index is 0.146. The highest BCUT2D eigenvalue weighted by molar-refractivity contribution is 6.32. The van der Waals surface area contributed by atoms with E-state index in [1.165, 1.54) is 30.7 Å². The first kappa shape index (κ1) is 17.2. The monoisotopic (exact) mass is 389 g/mol. The zero-order chi connectivity index (χ0) is 19.3. The molecule has 1 spiro atoms. The molecule has 1 fully saturated rings. The van der Waals surface area contributed by atoms with Gasteiger partial charge in [-0.25, -0.2) is 4.98 Å². The van der Waals surface area contributed by atoms with E-state index in [9.17, 15) is 19.2 Å². The molecule has 3 amide bonds. The molecule has 4 rings (SSSR count). The van der Waals surface area contributed by atoms with Gasteiger partial charge < -0.3 is 9.52 Å². The number of hydrogen-bond donors (Lipinski definition) is 1. The Labute approximate surface area is 157 Å². The minimum Gasteiger partial charge on any atom is -0.480 e. The van der Waals surface area contributed by atoms with Gasteiger partial charge in [-0.1, -0.05) is 11.6 Å². The fourth-order valence-corrected chi connectivity index (χ4v) is 3.75. The van der Waals surface area contributed by atoms with Crippen LogP contribution in [0.15, 0.2) is 35.1 Å². The number of aliphatic carboxylic acids is 1. The van der Waals surface area contributed by atoms with Gasteiger partial charge in [0.05, 0.1) is 12.6 Å². The highest BCUT2D eigenvalue weighted by atomic mass is 35.5. The number of nitrogens with zero attached hydrogens (tertiary/aromatic N) is 3. The Morgan fingerprint density at radius 2 is 2.00 bits per heavy atom. The molecule has 2 aromatic rings. The molecule has 1 atom stereocenters. The summed E-state index contributed by atoms with van der Waals surface area (Å²) in [6, 6.07) is 4.39. The van der Waals surface area contributed by atoms with Crippen molar-refractivity contribution in [1.29, 1.82) is 0 Å². The summed E-state index contributed by atoms with van der Waals surface area (Å²) in [6.07, 6.45) is 2.27. The fourth-order valence-electron chi connectivity index (χ4n) is 3.58. The standard InChI is InChI=1S/C17H12ClN3O6/c18-9-1-2-11-10(5-9)17(15(25)20(11)8-14(23)24)6-13(22)21(16(17)26)7-12-19-3-4-27-12/h1-5H,6-8H2,(H,23,24). The number of fused-ring (bicyclic) bond motifs is 2. The van der Waals surface area contributed by atoms with Gasteiger partial charge in [-0.05, 0) is 18.2 Å². The molecule has 2 aliphatic heterocycles. The molecular formula is C17H12ClN3O6. The molecule has 27 heavy (non-hydrogen) atoms. The summed E-state index contributed by atoms with van der Waals surface area (Å²) in [6.45, 7) is -0.842. The molecule has 1 saturated heterocycles. The lowest BCUT2D eigenvalue weighted by molar-refractivity contribution is -0.143. The molecule has 2 aliphatic rings. The van der Waals surface area contributed by atoms with Crippen molar-refractivity contribution in [3.63, 3.8) is 0 Å². The van der Waals surface area contributed by atoms with E-state index in [1.807, 2.05) is 0 Å². The van der Waals surface area contributed by atoms with Crippen LogP contribution in [-0.2, 0) is 31.1 Å². The van der Waals surface area contributed by atoms with Crippen molar-refractivity contribution < 1.29 is 28.7 Å². The summed E-state index contributed by atoms with van der Waals surface area (Å²) in [5, 5.41) is 9.41. The van der Waals surface area contributed by atoms with Crippen molar-refractivity contribution in [2.45, 2.75) is 18.4 Å². The van der Waals surface area contributed by atoms with Gasteiger partial charge in [0.1, 0.15) is 19.4 Å². The van der Waals surface area contributed by atoms with Crippen LogP contribution >= 0.6 is 11.6 Å². The predicted octanol–water partition coefficient (Wildman–Crippen LogP) is 0.956. The van der Waals surface area contributed by atoms with Crippen LogP contribution in [0.1, 0.15) is 17.9 Å². The van der Waals surface area contributed by atoms with Gasteiger partial charge in [-0.2, -0.15) is 0 Å². The number of benzene rings is 1. The quantitative estimate of drug-likeness (QED) is 0.610.